The van der Waals surface area contributed by atoms with Crippen LogP contribution in [0, 0.1) is 6.92 Å². The van der Waals surface area contributed by atoms with Gasteiger partial charge in [0.2, 0.25) is 11.8 Å². The molecule has 0 saturated carbocycles. The van der Waals surface area contributed by atoms with Gasteiger partial charge in [0.05, 0.1) is 13.2 Å². The number of carbonyl (C=O) groups excluding carboxylic acids is 4. The first-order chi connectivity index (χ1) is 20.5. The summed E-state index contributed by atoms with van der Waals surface area (Å²) in [4.78, 5) is 54.7. The van der Waals surface area contributed by atoms with Crippen molar-refractivity contribution in [3.8, 4) is 5.75 Å². The number of carbonyl (C=O) groups is 4. The number of aliphatic hydroxyl groups is 2. The number of nitrogens with one attached hydrogen (secondary N) is 2. The van der Waals surface area contributed by atoms with Crippen LogP contribution in [0.3, 0.4) is 0 Å². The van der Waals surface area contributed by atoms with Gasteiger partial charge in [0.1, 0.15) is 35.1 Å². The molecule has 44 heavy (non-hydrogen) atoms. The molecule has 12 heteroatoms. The Morgan fingerprint density at radius 2 is 1.48 bits per heavy atom. The molecule has 0 aliphatic rings. The minimum Gasteiger partial charge on any atom is -0.508 e. The van der Waals surface area contributed by atoms with Crippen molar-refractivity contribution in [3.05, 3.63) is 65.2 Å². The molecule has 0 aliphatic heterocycles. The van der Waals surface area contributed by atoms with Gasteiger partial charge in [-0.25, -0.2) is 9.59 Å². The van der Waals surface area contributed by atoms with Crippen LogP contribution < -0.4 is 10.6 Å². The number of aliphatic hydroxyl groups excluding tert-OH is 2. The summed E-state index contributed by atoms with van der Waals surface area (Å²) in [5.41, 5.74) is -0.359. The second-order valence-corrected chi connectivity index (χ2v) is 12.4. The van der Waals surface area contributed by atoms with Crippen LogP contribution >= 0.6 is 0 Å². The van der Waals surface area contributed by atoms with E-state index in [9.17, 15) is 34.5 Å². The predicted molar refractivity (Wildman–Crippen MR) is 163 cm³/mol. The van der Waals surface area contributed by atoms with E-state index in [0.717, 1.165) is 10.5 Å². The smallest absolute Gasteiger partial charge is 0.408 e. The van der Waals surface area contributed by atoms with Gasteiger partial charge in [0, 0.05) is 13.0 Å². The van der Waals surface area contributed by atoms with E-state index in [1.165, 1.54) is 18.2 Å². The van der Waals surface area contributed by atoms with Crippen molar-refractivity contribution in [2.45, 2.75) is 84.2 Å². The number of ether oxygens (including phenoxy) is 2. The fraction of sp³-hybridized carbons (Fsp3) is 0.500. The van der Waals surface area contributed by atoms with Crippen LogP contribution in [0.4, 0.5) is 4.79 Å². The molecule has 0 spiro atoms. The van der Waals surface area contributed by atoms with Gasteiger partial charge in [-0.3, -0.25) is 9.59 Å². The summed E-state index contributed by atoms with van der Waals surface area (Å²) in [7, 11) is 0. The van der Waals surface area contributed by atoms with Crippen molar-refractivity contribution < 1.29 is 44.0 Å². The number of phenols is 1. The summed E-state index contributed by atoms with van der Waals surface area (Å²) in [6.07, 6.45) is -0.890. The Morgan fingerprint density at radius 1 is 0.864 bits per heavy atom. The lowest BCUT2D eigenvalue weighted by atomic mass is 9.99. The number of phenolic OH excluding ortho intramolecular Hbond substituents is 1. The van der Waals surface area contributed by atoms with E-state index in [4.69, 9.17) is 9.47 Å². The zero-order chi connectivity index (χ0) is 33.2. The van der Waals surface area contributed by atoms with Gasteiger partial charge in [0.25, 0.3) is 0 Å². The molecule has 0 bridgehead atoms. The summed E-state index contributed by atoms with van der Waals surface area (Å²) in [6, 6.07) is 9.11. The maximum Gasteiger partial charge on any atom is 0.408 e. The molecule has 12 nitrogen and oxygen atoms in total. The van der Waals surface area contributed by atoms with Gasteiger partial charge < -0.3 is 40.3 Å². The van der Waals surface area contributed by atoms with Gasteiger partial charge >= 0.3 is 12.1 Å². The van der Waals surface area contributed by atoms with Crippen molar-refractivity contribution in [2.24, 2.45) is 0 Å². The Labute approximate surface area is 258 Å². The lowest BCUT2D eigenvalue weighted by Gasteiger charge is -2.34. The fourth-order valence-electron chi connectivity index (χ4n) is 4.30. The Bertz CT molecular complexity index is 1290. The van der Waals surface area contributed by atoms with E-state index in [1.54, 1.807) is 72.7 Å². The molecule has 5 N–H and O–H groups in total. The molecule has 2 aromatic carbocycles. The number of benzene rings is 2. The number of rotatable bonds is 12. The number of alkyl carbamates (subject to hydrolysis) is 1. The average molecular weight is 616 g/mol. The molecule has 0 fully saturated rings. The van der Waals surface area contributed by atoms with Crippen LogP contribution in [-0.4, -0.2) is 87.1 Å². The molecule has 0 radical (unpaired) electrons. The number of hydrogen-bond donors (Lipinski definition) is 5. The highest BCUT2D eigenvalue weighted by atomic mass is 16.6. The topological polar surface area (TPSA) is 175 Å². The molecular weight excluding hydrogens is 570 g/mol. The molecular formula is C32H45N3O9. The molecule has 2 rings (SSSR count). The fourth-order valence-corrected chi connectivity index (χ4v) is 4.30. The quantitative estimate of drug-likeness (QED) is 0.225. The molecule has 0 saturated heterocycles. The van der Waals surface area contributed by atoms with E-state index < -0.39 is 66.4 Å². The zero-order valence-corrected chi connectivity index (χ0v) is 26.4. The van der Waals surface area contributed by atoms with Gasteiger partial charge in [-0.15, -0.1) is 0 Å². The first kappa shape index (κ1) is 36.0. The van der Waals surface area contributed by atoms with E-state index in [-0.39, 0.29) is 24.3 Å². The SMILES string of the molecule is Cc1cc(C(C(=O)NC(Cc2ccccc2)C(=O)OC(C)(C)C)N(CCO)C(=O)C(CO)NC(=O)OC(C)(C)C)ccc1O. The standard InChI is InChI=1S/C32H45N3O9/c1-20-17-22(13-14-25(20)38)26(35(15-16-36)28(40)24(19-37)34-30(42)44-32(5,6)7)27(39)33-23(29(41)43-31(2,3)4)18-21-11-9-8-10-12-21/h8-14,17,23-24,26,36-38H,15-16,18-19H2,1-7H3,(H,33,39)(H,34,42). The summed E-state index contributed by atoms with van der Waals surface area (Å²) >= 11 is 0. The number of hydrogen-bond acceptors (Lipinski definition) is 9. The van der Waals surface area contributed by atoms with Gasteiger partial charge in [-0.2, -0.15) is 0 Å². The third kappa shape index (κ3) is 11.2. The first-order valence-corrected chi connectivity index (χ1v) is 14.3. The Morgan fingerprint density at radius 3 is 2.00 bits per heavy atom. The normalized spacial score (nSPS) is 13.7. The average Bonchev–Trinajstić information content (AvgIpc) is 2.91. The lowest BCUT2D eigenvalue weighted by molar-refractivity contribution is -0.159. The Kier molecular flexibility index (Phi) is 12.7. The second kappa shape index (κ2) is 15.5. The number of aromatic hydroxyl groups is 1. The van der Waals surface area contributed by atoms with E-state index >= 15 is 0 Å². The molecule has 242 valence electrons. The third-order valence-electron chi connectivity index (χ3n) is 6.18. The highest BCUT2D eigenvalue weighted by molar-refractivity contribution is 5.94. The van der Waals surface area contributed by atoms with Crippen molar-refractivity contribution in [1.29, 1.82) is 0 Å². The van der Waals surface area contributed by atoms with E-state index in [1.807, 2.05) is 6.07 Å². The number of nitrogens with zero attached hydrogens (tertiary/aromatic N) is 1. The molecule has 0 aliphatic carbocycles. The summed E-state index contributed by atoms with van der Waals surface area (Å²) in [5, 5.41) is 35.2. The molecule has 3 amide bonds. The zero-order valence-electron chi connectivity index (χ0n) is 26.4. The maximum atomic E-state index is 14.1. The Balaban J connectivity index is 2.56. The largest absolute Gasteiger partial charge is 0.508 e. The number of amides is 3. The van der Waals surface area contributed by atoms with Crippen LogP contribution in [-0.2, 0) is 30.3 Å². The minimum atomic E-state index is -1.53. The monoisotopic (exact) mass is 615 g/mol. The van der Waals surface area contributed by atoms with E-state index in [2.05, 4.69) is 10.6 Å². The Hall–Kier alpha value is -4.16. The number of aryl methyl sites for hydroxylation is 1. The second-order valence-electron chi connectivity index (χ2n) is 12.4. The van der Waals surface area contributed by atoms with Crippen molar-refractivity contribution >= 4 is 23.9 Å². The molecule has 3 unspecified atom stereocenters. The van der Waals surface area contributed by atoms with Crippen molar-refractivity contribution in [1.82, 2.24) is 15.5 Å². The maximum absolute atomic E-state index is 14.1. The van der Waals surface area contributed by atoms with Crippen LogP contribution in [0.5, 0.6) is 5.75 Å². The first-order valence-electron chi connectivity index (χ1n) is 14.3. The summed E-state index contributed by atoms with van der Waals surface area (Å²) in [5.74, 6) is -2.44. The summed E-state index contributed by atoms with van der Waals surface area (Å²) in [6.45, 7) is 9.80. The van der Waals surface area contributed by atoms with Gasteiger partial charge in [-0.1, -0.05) is 36.4 Å². The van der Waals surface area contributed by atoms with Crippen molar-refractivity contribution in [2.75, 3.05) is 19.8 Å². The number of esters is 1. The lowest BCUT2D eigenvalue weighted by Crippen LogP contribution is -2.56. The molecule has 0 aromatic heterocycles. The predicted octanol–water partition coefficient (Wildman–Crippen LogP) is 2.52. The van der Waals surface area contributed by atoms with Crippen LogP contribution in [0.25, 0.3) is 0 Å². The minimum absolute atomic E-state index is 0.0523. The van der Waals surface area contributed by atoms with Crippen LogP contribution in [0.15, 0.2) is 48.5 Å². The van der Waals surface area contributed by atoms with Crippen LogP contribution in [0.2, 0.25) is 0 Å². The van der Waals surface area contributed by atoms with Crippen molar-refractivity contribution in [3.63, 3.8) is 0 Å². The molecule has 3 atom stereocenters. The summed E-state index contributed by atoms with van der Waals surface area (Å²) < 4.78 is 10.8. The van der Waals surface area contributed by atoms with E-state index in [0.29, 0.717) is 5.56 Å². The van der Waals surface area contributed by atoms with Gasteiger partial charge in [-0.05, 0) is 77.3 Å². The highest BCUT2D eigenvalue weighted by Gasteiger charge is 2.38. The van der Waals surface area contributed by atoms with Crippen LogP contribution in [0.1, 0.15) is 64.3 Å². The molecule has 0 heterocycles. The van der Waals surface area contributed by atoms with Gasteiger partial charge in [0.15, 0.2) is 0 Å². The molecule has 2 aromatic rings. The highest BCUT2D eigenvalue weighted by Crippen LogP contribution is 2.27. The third-order valence-corrected chi connectivity index (χ3v) is 6.18.